The molecule has 2 aromatic heterocycles. The zero-order valence-electron chi connectivity index (χ0n) is 8.15. The van der Waals surface area contributed by atoms with Crippen molar-refractivity contribution in [3.05, 3.63) is 18.5 Å². The SMILES string of the molecule is CCOC(=O)Nc1cnc2[nH]ccc2n1. The highest BCUT2D eigenvalue weighted by molar-refractivity contribution is 5.84. The van der Waals surface area contributed by atoms with E-state index in [2.05, 4.69) is 20.3 Å². The number of ether oxygens (including phenoxy) is 1. The number of carbonyl (C=O) groups excluding carboxylic acids is 1. The van der Waals surface area contributed by atoms with Gasteiger partial charge in [-0.1, -0.05) is 0 Å². The maximum atomic E-state index is 11.1. The van der Waals surface area contributed by atoms with E-state index in [4.69, 9.17) is 4.74 Å². The van der Waals surface area contributed by atoms with Crippen molar-refractivity contribution >= 4 is 23.1 Å². The number of nitrogens with one attached hydrogen (secondary N) is 2. The van der Waals surface area contributed by atoms with Gasteiger partial charge in [-0.3, -0.25) is 5.32 Å². The number of aromatic nitrogens is 3. The first-order valence-corrected chi connectivity index (χ1v) is 4.53. The van der Waals surface area contributed by atoms with Gasteiger partial charge in [0.1, 0.15) is 5.52 Å². The Kier molecular flexibility index (Phi) is 2.49. The second-order valence-corrected chi connectivity index (χ2v) is 2.81. The monoisotopic (exact) mass is 206 g/mol. The van der Waals surface area contributed by atoms with Crippen molar-refractivity contribution in [2.45, 2.75) is 6.92 Å². The average Bonchev–Trinajstić information content (AvgIpc) is 2.65. The van der Waals surface area contributed by atoms with Crippen molar-refractivity contribution < 1.29 is 9.53 Å². The van der Waals surface area contributed by atoms with E-state index < -0.39 is 6.09 Å². The molecule has 6 heteroatoms. The molecule has 2 N–H and O–H groups in total. The summed E-state index contributed by atoms with van der Waals surface area (Å²) in [5, 5.41) is 2.48. The maximum Gasteiger partial charge on any atom is 0.412 e. The number of hydrogen-bond donors (Lipinski definition) is 2. The van der Waals surface area contributed by atoms with Crippen LogP contribution in [0.1, 0.15) is 6.92 Å². The minimum Gasteiger partial charge on any atom is -0.450 e. The molecule has 2 rings (SSSR count). The third kappa shape index (κ3) is 2.04. The van der Waals surface area contributed by atoms with E-state index in [-0.39, 0.29) is 0 Å². The number of rotatable bonds is 2. The van der Waals surface area contributed by atoms with Crippen LogP contribution >= 0.6 is 0 Å². The first-order chi connectivity index (χ1) is 7.29. The molecule has 0 aliphatic rings. The molecule has 0 aliphatic carbocycles. The molecule has 0 aliphatic heterocycles. The highest BCUT2D eigenvalue weighted by Crippen LogP contribution is 2.09. The van der Waals surface area contributed by atoms with Gasteiger partial charge in [-0.15, -0.1) is 0 Å². The zero-order valence-corrected chi connectivity index (χ0v) is 8.15. The fourth-order valence-electron chi connectivity index (χ4n) is 1.16. The number of anilines is 1. The molecule has 0 saturated carbocycles. The summed E-state index contributed by atoms with van der Waals surface area (Å²) in [5.74, 6) is 0.376. The van der Waals surface area contributed by atoms with E-state index in [0.29, 0.717) is 23.6 Å². The van der Waals surface area contributed by atoms with Crippen molar-refractivity contribution in [1.29, 1.82) is 0 Å². The Morgan fingerprint density at radius 2 is 2.53 bits per heavy atom. The summed E-state index contributed by atoms with van der Waals surface area (Å²) in [4.78, 5) is 22.2. The van der Waals surface area contributed by atoms with Gasteiger partial charge in [-0.05, 0) is 13.0 Å². The zero-order chi connectivity index (χ0) is 10.7. The lowest BCUT2D eigenvalue weighted by atomic mass is 10.5. The normalized spacial score (nSPS) is 10.2. The highest BCUT2D eigenvalue weighted by Gasteiger charge is 2.04. The summed E-state index contributed by atoms with van der Waals surface area (Å²) in [6, 6.07) is 1.78. The molecule has 15 heavy (non-hydrogen) atoms. The maximum absolute atomic E-state index is 11.1. The van der Waals surface area contributed by atoms with Gasteiger partial charge < -0.3 is 9.72 Å². The number of nitrogens with zero attached hydrogens (tertiary/aromatic N) is 2. The van der Waals surface area contributed by atoms with Crippen molar-refractivity contribution in [3.63, 3.8) is 0 Å². The summed E-state index contributed by atoms with van der Waals surface area (Å²) >= 11 is 0. The highest BCUT2D eigenvalue weighted by atomic mass is 16.5. The Hall–Kier alpha value is -2.11. The lowest BCUT2D eigenvalue weighted by molar-refractivity contribution is 0.168. The first-order valence-electron chi connectivity index (χ1n) is 4.53. The standard InChI is InChI=1S/C9H10N4O2/c1-2-15-9(14)13-7-5-11-8-6(12-7)3-4-10-8/h3-5H,2H2,1H3,(H,10,11)(H,12,13,14). The molecular formula is C9H10N4O2. The summed E-state index contributed by atoms with van der Waals surface area (Å²) < 4.78 is 4.71. The number of fused-ring (bicyclic) bond motifs is 1. The predicted molar refractivity (Wildman–Crippen MR) is 54.5 cm³/mol. The number of aromatic amines is 1. The van der Waals surface area contributed by atoms with E-state index >= 15 is 0 Å². The Balaban J connectivity index is 2.17. The molecule has 1 amide bonds. The third-order valence-corrected chi connectivity index (χ3v) is 1.77. The number of hydrogen-bond acceptors (Lipinski definition) is 4. The number of amides is 1. The minimum absolute atomic E-state index is 0.325. The molecule has 2 heterocycles. The molecule has 0 saturated heterocycles. The Morgan fingerprint density at radius 1 is 1.67 bits per heavy atom. The van der Waals surface area contributed by atoms with Gasteiger partial charge >= 0.3 is 6.09 Å². The Morgan fingerprint density at radius 3 is 3.33 bits per heavy atom. The summed E-state index contributed by atoms with van der Waals surface area (Å²) in [7, 11) is 0. The van der Waals surface area contributed by atoms with Crippen LogP contribution in [0.4, 0.5) is 10.6 Å². The van der Waals surface area contributed by atoms with Crippen LogP contribution in [0.5, 0.6) is 0 Å². The average molecular weight is 206 g/mol. The van der Waals surface area contributed by atoms with Crippen LogP contribution in [0.25, 0.3) is 11.2 Å². The molecule has 0 radical (unpaired) electrons. The van der Waals surface area contributed by atoms with E-state index in [0.717, 1.165) is 0 Å². The predicted octanol–water partition coefficient (Wildman–Crippen LogP) is 1.53. The molecule has 78 valence electrons. The van der Waals surface area contributed by atoms with Crippen molar-refractivity contribution in [1.82, 2.24) is 15.0 Å². The number of H-pyrrole nitrogens is 1. The summed E-state index contributed by atoms with van der Waals surface area (Å²) in [6.45, 7) is 2.06. The number of carbonyl (C=O) groups is 1. The molecule has 2 aromatic rings. The van der Waals surface area contributed by atoms with Crippen LogP contribution in [0.3, 0.4) is 0 Å². The fourth-order valence-corrected chi connectivity index (χ4v) is 1.16. The van der Waals surface area contributed by atoms with Crippen LogP contribution < -0.4 is 5.32 Å². The van der Waals surface area contributed by atoms with Crippen molar-refractivity contribution in [3.8, 4) is 0 Å². The molecule has 0 spiro atoms. The Labute approximate surface area is 85.7 Å². The van der Waals surface area contributed by atoms with Gasteiger partial charge in [0.2, 0.25) is 0 Å². The second-order valence-electron chi connectivity index (χ2n) is 2.81. The topological polar surface area (TPSA) is 79.9 Å². The van der Waals surface area contributed by atoms with Crippen LogP contribution in [-0.2, 0) is 4.74 Å². The third-order valence-electron chi connectivity index (χ3n) is 1.77. The molecule has 6 nitrogen and oxygen atoms in total. The van der Waals surface area contributed by atoms with Gasteiger partial charge in [-0.25, -0.2) is 14.8 Å². The molecular weight excluding hydrogens is 196 g/mol. The van der Waals surface area contributed by atoms with Gasteiger partial charge in [0.15, 0.2) is 11.5 Å². The summed E-state index contributed by atoms with van der Waals surface area (Å²) in [5.41, 5.74) is 1.38. The lowest BCUT2D eigenvalue weighted by Crippen LogP contribution is -2.14. The molecule has 0 bridgehead atoms. The van der Waals surface area contributed by atoms with Gasteiger partial charge in [0.05, 0.1) is 12.8 Å². The molecule has 0 atom stereocenters. The van der Waals surface area contributed by atoms with Crippen LogP contribution in [0, 0.1) is 0 Å². The van der Waals surface area contributed by atoms with Crippen molar-refractivity contribution in [2.24, 2.45) is 0 Å². The van der Waals surface area contributed by atoms with Gasteiger partial charge in [-0.2, -0.15) is 0 Å². The Bertz CT molecular complexity index is 480. The fraction of sp³-hybridized carbons (Fsp3) is 0.222. The quantitative estimate of drug-likeness (QED) is 0.780. The van der Waals surface area contributed by atoms with Crippen LogP contribution in [0.2, 0.25) is 0 Å². The van der Waals surface area contributed by atoms with Gasteiger partial charge in [0.25, 0.3) is 0 Å². The largest absolute Gasteiger partial charge is 0.450 e. The summed E-state index contributed by atoms with van der Waals surface area (Å²) in [6.07, 6.45) is 2.68. The van der Waals surface area contributed by atoms with E-state index in [9.17, 15) is 4.79 Å². The van der Waals surface area contributed by atoms with Crippen molar-refractivity contribution in [2.75, 3.05) is 11.9 Å². The van der Waals surface area contributed by atoms with E-state index in [1.165, 1.54) is 6.20 Å². The molecule has 0 unspecified atom stereocenters. The minimum atomic E-state index is -0.526. The molecule has 0 aromatic carbocycles. The van der Waals surface area contributed by atoms with E-state index in [1.807, 2.05) is 0 Å². The second kappa shape index (κ2) is 3.95. The van der Waals surface area contributed by atoms with Crippen LogP contribution in [0.15, 0.2) is 18.5 Å². The first kappa shape index (κ1) is 9.45. The van der Waals surface area contributed by atoms with Crippen LogP contribution in [-0.4, -0.2) is 27.7 Å². The molecule has 0 fully saturated rings. The smallest absolute Gasteiger partial charge is 0.412 e. The van der Waals surface area contributed by atoms with Gasteiger partial charge in [0, 0.05) is 6.20 Å². The lowest BCUT2D eigenvalue weighted by Gasteiger charge is -2.03. The van der Waals surface area contributed by atoms with E-state index in [1.54, 1.807) is 19.2 Å².